The predicted molar refractivity (Wildman–Crippen MR) is 155 cm³/mol. The lowest BCUT2D eigenvalue weighted by atomic mass is 10.1. The van der Waals surface area contributed by atoms with E-state index in [9.17, 15) is 14.7 Å². The van der Waals surface area contributed by atoms with Gasteiger partial charge in [-0.1, -0.05) is 122 Å². The first-order valence-electron chi connectivity index (χ1n) is 15.4. The number of unbranched alkanes of at least 4 members (excludes halogenated alkanes) is 15. The third-order valence-corrected chi connectivity index (χ3v) is 6.50. The molecule has 5 heteroatoms. The van der Waals surface area contributed by atoms with Crippen LogP contribution in [0, 0.1) is 0 Å². The summed E-state index contributed by atoms with van der Waals surface area (Å²) in [5, 5.41) is 9.45. The van der Waals surface area contributed by atoms with Gasteiger partial charge in [-0.2, -0.15) is 0 Å². The Labute approximate surface area is 228 Å². The number of hydrogen-bond acceptors (Lipinski definition) is 5. The Morgan fingerprint density at radius 1 is 0.622 bits per heavy atom. The molecule has 0 aromatic carbocycles. The minimum Gasteiger partial charge on any atom is -0.462 e. The van der Waals surface area contributed by atoms with Gasteiger partial charge in [-0.15, -0.1) is 0 Å². The number of allylic oxidation sites excluding steroid dienone is 4. The number of ether oxygens (including phenoxy) is 2. The van der Waals surface area contributed by atoms with Crippen molar-refractivity contribution < 1.29 is 24.2 Å². The molecule has 5 nitrogen and oxygen atoms in total. The number of esters is 2. The van der Waals surface area contributed by atoms with Crippen molar-refractivity contribution in [3.8, 4) is 0 Å². The van der Waals surface area contributed by atoms with Gasteiger partial charge in [-0.3, -0.25) is 9.59 Å². The van der Waals surface area contributed by atoms with Gasteiger partial charge in [0.05, 0.1) is 6.61 Å². The van der Waals surface area contributed by atoms with Crippen molar-refractivity contribution in [1.29, 1.82) is 0 Å². The molecule has 0 aliphatic rings. The Balaban J connectivity index is 3.62. The lowest BCUT2D eigenvalue weighted by molar-refractivity contribution is -0.161. The molecule has 0 bridgehead atoms. The van der Waals surface area contributed by atoms with Crippen molar-refractivity contribution in [1.82, 2.24) is 0 Å². The number of rotatable bonds is 27. The van der Waals surface area contributed by atoms with Gasteiger partial charge in [0.15, 0.2) is 6.10 Å². The summed E-state index contributed by atoms with van der Waals surface area (Å²) < 4.78 is 10.5. The number of aliphatic hydroxyl groups is 1. The van der Waals surface area contributed by atoms with E-state index in [2.05, 4.69) is 38.2 Å². The summed E-state index contributed by atoms with van der Waals surface area (Å²) in [6.07, 6.45) is 30.8. The molecule has 1 atom stereocenters. The third-order valence-electron chi connectivity index (χ3n) is 6.50. The molecule has 0 aromatic heterocycles. The quantitative estimate of drug-likeness (QED) is 0.0663. The maximum Gasteiger partial charge on any atom is 0.306 e. The van der Waals surface area contributed by atoms with Gasteiger partial charge in [0, 0.05) is 12.8 Å². The molecule has 0 unspecified atom stereocenters. The molecule has 0 saturated heterocycles. The Bertz CT molecular complexity index is 570. The van der Waals surface area contributed by atoms with Gasteiger partial charge in [-0.25, -0.2) is 0 Å². The van der Waals surface area contributed by atoms with Gasteiger partial charge in [0.25, 0.3) is 0 Å². The molecule has 0 saturated carbocycles. The number of carbonyl (C=O) groups is 2. The number of aliphatic hydroxyl groups excluding tert-OH is 1. The van der Waals surface area contributed by atoms with Crippen LogP contribution < -0.4 is 0 Å². The summed E-state index contributed by atoms with van der Waals surface area (Å²) in [5.74, 6) is -0.611. The summed E-state index contributed by atoms with van der Waals surface area (Å²) >= 11 is 0. The van der Waals surface area contributed by atoms with E-state index in [-0.39, 0.29) is 25.2 Å². The van der Waals surface area contributed by atoms with Gasteiger partial charge < -0.3 is 14.6 Å². The highest BCUT2D eigenvalue weighted by Gasteiger charge is 2.16. The largest absolute Gasteiger partial charge is 0.462 e. The van der Waals surface area contributed by atoms with Gasteiger partial charge in [0.2, 0.25) is 0 Å². The van der Waals surface area contributed by atoms with Crippen molar-refractivity contribution in [3.63, 3.8) is 0 Å². The minimum atomic E-state index is -0.769. The normalized spacial score (nSPS) is 12.4. The molecule has 0 radical (unpaired) electrons. The molecule has 0 aliphatic heterocycles. The molecule has 0 aromatic rings. The van der Waals surface area contributed by atoms with Crippen LogP contribution in [0.25, 0.3) is 0 Å². The minimum absolute atomic E-state index is 0.0705. The van der Waals surface area contributed by atoms with Crippen LogP contribution in [0.4, 0.5) is 0 Å². The predicted octanol–water partition coefficient (Wildman–Crippen LogP) is 8.78. The van der Waals surface area contributed by atoms with Crippen molar-refractivity contribution >= 4 is 11.9 Å². The molecule has 0 aliphatic carbocycles. The topological polar surface area (TPSA) is 72.8 Å². The van der Waals surface area contributed by atoms with Crippen LogP contribution in [-0.4, -0.2) is 36.4 Å². The number of carbonyl (C=O) groups excluding carboxylic acids is 2. The van der Waals surface area contributed by atoms with Crippen molar-refractivity contribution in [2.24, 2.45) is 0 Å². The molecule has 0 fully saturated rings. The molecule has 1 N–H and O–H groups in total. The fourth-order valence-corrected chi connectivity index (χ4v) is 4.10. The molecule has 0 spiro atoms. The zero-order valence-corrected chi connectivity index (χ0v) is 24.2. The molecule has 0 heterocycles. The zero-order valence-electron chi connectivity index (χ0n) is 24.2. The first-order valence-corrected chi connectivity index (χ1v) is 15.4. The lowest BCUT2D eigenvalue weighted by Gasteiger charge is -2.15. The molecule has 37 heavy (non-hydrogen) atoms. The summed E-state index contributed by atoms with van der Waals surface area (Å²) in [5.41, 5.74) is 0. The maximum atomic E-state index is 12.0. The highest BCUT2D eigenvalue weighted by atomic mass is 16.6. The second kappa shape index (κ2) is 28.9. The van der Waals surface area contributed by atoms with Crippen molar-refractivity contribution in [2.45, 2.75) is 155 Å². The first kappa shape index (κ1) is 35.4. The maximum absolute atomic E-state index is 12.0. The average molecular weight is 523 g/mol. The standard InChI is InChI=1S/C32H58O5/c1-3-5-7-9-11-13-14-15-16-17-19-20-22-24-26-31(34)36-29-30(28-33)37-32(35)27-25-23-21-18-12-10-8-6-4-2/h9,11,14-15,30,33H,3-8,10,12-13,16-29H2,1-2H3/b11-9+,15-14+/t30-/m0/s1. The molecule has 0 amide bonds. The third kappa shape index (κ3) is 27.2. The highest BCUT2D eigenvalue weighted by Crippen LogP contribution is 2.12. The van der Waals surface area contributed by atoms with E-state index in [0.29, 0.717) is 12.8 Å². The summed E-state index contributed by atoms with van der Waals surface area (Å²) in [7, 11) is 0. The van der Waals surface area contributed by atoms with Crippen LogP contribution >= 0.6 is 0 Å². The van der Waals surface area contributed by atoms with Crippen LogP contribution in [0.5, 0.6) is 0 Å². The summed E-state index contributed by atoms with van der Waals surface area (Å²) in [4.78, 5) is 24.0. The second-order valence-corrected chi connectivity index (χ2v) is 10.2. The second-order valence-electron chi connectivity index (χ2n) is 10.2. The van der Waals surface area contributed by atoms with Crippen molar-refractivity contribution in [2.75, 3.05) is 13.2 Å². The van der Waals surface area contributed by atoms with Crippen LogP contribution in [-0.2, 0) is 19.1 Å². The van der Waals surface area contributed by atoms with Crippen LogP contribution in [0.15, 0.2) is 24.3 Å². The van der Waals surface area contributed by atoms with Gasteiger partial charge >= 0.3 is 11.9 Å². The summed E-state index contributed by atoms with van der Waals surface area (Å²) in [6, 6.07) is 0. The molecular formula is C32H58O5. The van der Waals surface area contributed by atoms with E-state index in [0.717, 1.165) is 51.4 Å². The summed E-state index contributed by atoms with van der Waals surface area (Å²) in [6.45, 7) is 4.04. The Kier molecular flexibility index (Phi) is 27.7. The van der Waals surface area contributed by atoms with E-state index in [1.54, 1.807) is 0 Å². The molecule has 0 rings (SSSR count). The Morgan fingerprint density at radius 3 is 1.68 bits per heavy atom. The number of hydrogen-bond donors (Lipinski definition) is 1. The smallest absolute Gasteiger partial charge is 0.306 e. The zero-order chi connectivity index (χ0) is 27.2. The average Bonchev–Trinajstić information content (AvgIpc) is 2.90. The first-order chi connectivity index (χ1) is 18.1. The molecular weight excluding hydrogens is 464 g/mol. The highest BCUT2D eigenvalue weighted by molar-refractivity contribution is 5.70. The van der Waals surface area contributed by atoms with Crippen molar-refractivity contribution in [3.05, 3.63) is 24.3 Å². The van der Waals surface area contributed by atoms with E-state index < -0.39 is 6.10 Å². The van der Waals surface area contributed by atoms with Crippen LogP contribution in [0.3, 0.4) is 0 Å². The SMILES string of the molecule is CCCC/C=C/C/C=C/CCCCCCCC(=O)OC[C@H](CO)OC(=O)CCCCCCCCCCC. The Hall–Kier alpha value is -1.62. The van der Waals surface area contributed by atoms with E-state index in [1.807, 2.05) is 0 Å². The fourth-order valence-electron chi connectivity index (χ4n) is 4.10. The van der Waals surface area contributed by atoms with E-state index in [1.165, 1.54) is 70.6 Å². The van der Waals surface area contributed by atoms with Gasteiger partial charge in [-0.05, 0) is 38.5 Å². The van der Waals surface area contributed by atoms with E-state index >= 15 is 0 Å². The van der Waals surface area contributed by atoms with Crippen LogP contribution in [0.1, 0.15) is 149 Å². The Morgan fingerprint density at radius 2 is 1.11 bits per heavy atom. The molecule has 216 valence electrons. The van der Waals surface area contributed by atoms with Crippen LogP contribution in [0.2, 0.25) is 0 Å². The fraction of sp³-hybridized carbons (Fsp3) is 0.812. The lowest BCUT2D eigenvalue weighted by Crippen LogP contribution is -2.28. The van der Waals surface area contributed by atoms with E-state index in [4.69, 9.17) is 9.47 Å². The van der Waals surface area contributed by atoms with Gasteiger partial charge in [0.1, 0.15) is 6.61 Å². The monoisotopic (exact) mass is 522 g/mol.